The molecule has 0 radical (unpaired) electrons. The lowest BCUT2D eigenvalue weighted by Gasteiger charge is -2.40. The summed E-state index contributed by atoms with van der Waals surface area (Å²) in [4.78, 5) is 2.51. The minimum absolute atomic E-state index is 0.241. The Bertz CT molecular complexity index is 318. The summed E-state index contributed by atoms with van der Waals surface area (Å²) in [7, 11) is 0. The van der Waals surface area contributed by atoms with Crippen LogP contribution in [0.15, 0.2) is 11.8 Å². The standard InChI is InChI=1S/C16H30N2O2/c1-4-7-17-16(14-6-5-9-19-12-14)15-11-18(13(2)3)8-10-20-15/h12-13,15-17H,4-11H2,1-3H3. The molecule has 0 aromatic rings. The summed E-state index contributed by atoms with van der Waals surface area (Å²) in [5.74, 6) is 0. The molecule has 0 amide bonds. The fourth-order valence-corrected chi connectivity index (χ4v) is 2.98. The van der Waals surface area contributed by atoms with E-state index in [4.69, 9.17) is 9.47 Å². The second-order valence-electron chi connectivity index (χ2n) is 6.10. The molecule has 2 atom stereocenters. The zero-order valence-corrected chi connectivity index (χ0v) is 13.2. The summed E-state index contributed by atoms with van der Waals surface area (Å²) in [5.41, 5.74) is 1.38. The SMILES string of the molecule is CCCNC(C1=COCCC1)C1CN(C(C)C)CCO1. The lowest BCUT2D eigenvalue weighted by molar-refractivity contribution is -0.0510. The van der Waals surface area contributed by atoms with Gasteiger partial charge in [-0.05, 0) is 45.2 Å². The van der Waals surface area contributed by atoms with Crippen LogP contribution in [-0.2, 0) is 9.47 Å². The first-order valence-electron chi connectivity index (χ1n) is 8.12. The van der Waals surface area contributed by atoms with E-state index in [0.717, 1.165) is 52.1 Å². The normalized spacial score (nSPS) is 26.2. The summed E-state index contributed by atoms with van der Waals surface area (Å²) >= 11 is 0. The monoisotopic (exact) mass is 282 g/mol. The Balaban J connectivity index is 2.03. The number of nitrogens with zero attached hydrogens (tertiary/aromatic N) is 1. The van der Waals surface area contributed by atoms with E-state index < -0.39 is 0 Å². The lowest BCUT2D eigenvalue weighted by atomic mass is 9.95. The minimum Gasteiger partial charge on any atom is -0.501 e. The molecule has 20 heavy (non-hydrogen) atoms. The molecule has 116 valence electrons. The number of ether oxygens (including phenoxy) is 2. The Labute approximate surface area is 123 Å². The van der Waals surface area contributed by atoms with Gasteiger partial charge in [-0.2, -0.15) is 0 Å². The second-order valence-corrected chi connectivity index (χ2v) is 6.10. The van der Waals surface area contributed by atoms with Gasteiger partial charge in [0.2, 0.25) is 0 Å². The average molecular weight is 282 g/mol. The highest BCUT2D eigenvalue weighted by Gasteiger charge is 2.31. The number of hydrogen-bond acceptors (Lipinski definition) is 4. The predicted octanol–water partition coefficient (Wildman–Crippen LogP) is 2.16. The molecule has 1 fully saturated rings. The highest BCUT2D eigenvalue weighted by Crippen LogP contribution is 2.22. The van der Waals surface area contributed by atoms with E-state index in [2.05, 4.69) is 31.0 Å². The number of nitrogens with one attached hydrogen (secondary N) is 1. The summed E-state index contributed by atoms with van der Waals surface area (Å²) in [6.07, 6.45) is 5.60. The van der Waals surface area contributed by atoms with Crippen LogP contribution in [0.3, 0.4) is 0 Å². The first kappa shape index (κ1) is 15.8. The predicted molar refractivity (Wildman–Crippen MR) is 81.8 cm³/mol. The fraction of sp³-hybridized carbons (Fsp3) is 0.875. The van der Waals surface area contributed by atoms with E-state index in [1.807, 2.05) is 6.26 Å². The number of morpholine rings is 1. The molecule has 2 aliphatic heterocycles. The van der Waals surface area contributed by atoms with Crippen LogP contribution in [0, 0.1) is 0 Å². The van der Waals surface area contributed by atoms with Gasteiger partial charge >= 0.3 is 0 Å². The van der Waals surface area contributed by atoms with Crippen LogP contribution < -0.4 is 5.32 Å². The van der Waals surface area contributed by atoms with Gasteiger partial charge in [0.25, 0.3) is 0 Å². The van der Waals surface area contributed by atoms with E-state index in [1.54, 1.807) is 0 Å². The molecule has 0 spiro atoms. The summed E-state index contributed by atoms with van der Waals surface area (Å²) in [6, 6.07) is 0.890. The zero-order valence-electron chi connectivity index (χ0n) is 13.2. The molecule has 0 aliphatic carbocycles. The summed E-state index contributed by atoms with van der Waals surface area (Å²) in [6.45, 7) is 11.5. The fourth-order valence-electron chi connectivity index (χ4n) is 2.98. The van der Waals surface area contributed by atoms with Crippen LogP contribution in [0.25, 0.3) is 0 Å². The van der Waals surface area contributed by atoms with Crippen molar-refractivity contribution in [3.63, 3.8) is 0 Å². The highest BCUT2D eigenvalue weighted by atomic mass is 16.5. The Morgan fingerprint density at radius 1 is 1.40 bits per heavy atom. The van der Waals surface area contributed by atoms with Crippen molar-refractivity contribution in [2.75, 3.05) is 32.8 Å². The average Bonchev–Trinajstić information content (AvgIpc) is 2.49. The van der Waals surface area contributed by atoms with Crippen molar-refractivity contribution in [3.05, 3.63) is 11.8 Å². The van der Waals surface area contributed by atoms with Crippen molar-refractivity contribution in [2.45, 2.75) is 58.2 Å². The van der Waals surface area contributed by atoms with Crippen molar-refractivity contribution in [3.8, 4) is 0 Å². The van der Waals surface area contributed by atoms with E-state index in [-0.39, 0.29) is 6.10 Å². The summed E-state index contributed by atoms with van der Waals surface area (Å²) < 4.78 is 11.6. The summed E-state index contributed by atoms with van der Waals surface area (Å²) in [5, 5.41) is 3.67. The Morgan fingerprint density at radius 3 is 2.90 bits per heavy atom. The van der Waals surface area contributed by atoms with Gasteiger partial charge in [-0.3, -0.25) is 4.90 Å². The third-order valence-corrected chi connectivity index (χ3v) is 4.20. The molecule has 4 heteroatoms. The molecule has 0 aromatic heterocycles. The van der Waals surface area contributed by atoms with Gasteiger partial charge in [0, 0.05) is 19.1 Å². The van der Waals surface area contributed by atoms with E-state index in [1.165, 1.54) is 5.57 Å². The first-order chi connectivity index (χ1) is 9.72. The molecule has 2 unspecified atom stereocenters. The second kappa shape index (κ2) is 8.01. The van der Waals surface area contributed by atoms with Gasteiger partial charge in [0.1, 0.15) is 0 Å². The molecule has 0 saturated carbocycles. The third-order valence-electron chi connectivity index (χ3n) is 4.20. The molecule has 2 rings (SSSR count). The van der Waals surface area contributed by atoms with Crippen LogP contribution in [-0.4, -0.2) is 55.9 Å². The van der Waals surface area contributed by atoms with Crippen molar-refractivity contribution in [1.29, 1.82) is 0 Å². The van der Waals surface area contributed by atoms with Crippen LogP contribution in [0.5, 0.6) is 0 Å². The number of rotatable bonds is 6. The van der Waals surface area contributed by atoms with Crippen molar-refractivity contribution >= 4 is 0 Å². The maximum absolute atomic E-state index is 6.07. The Kier molecular flexibility index (Phi) is 6.33. The largest absolute Gasteiger partial charge is 0.501 e. The minimum atomic E-state index is 0.241. The maximum Gasteiger partial charge on any atom is 0.0895 e. The maximum atomic E-state index is 6.07. The van der Waals surface area contributed by atoms with Gasteiger partial charge in [-0.15, -0.1) is 0 Å². The van der Waals surface area contributed by atoms with Crippen LogP contribution in [0.4, 0.5) is 0 Å². The zero-order chi connectivity index (χ0) is 14.4. The van der Waals surface area contributed by atoms with Crippen LogP contribution >= 0.6 is 0 Å². The Hall–Kier alpha value is -0.580. The quantitative estimate of drug-likeness (QED) is 0.809. The molecule has 0 bridgehead atoms. The van der Waals surface area contributed by atoms with Gasteiger partial charge in [0.15, 0.2) is 0 Å². The Morgan fingerprint density at radius 2 is 2.25 bits per heavy atom. The molecule has 4 nitrogen and oxygen atoms in total. The van der Waals surface area contributed by atoms with Gasteiger partial charge < -0.3 is 14.8 Å². The lowest BCUT2D eigenvalue weighted by Crippen LogP contribution is -2.54. The molecule has 1 saturated heterocycles. The highest BCUT2D eigenvalue weighted by molar-refractivity contribution is 5.13. The topological polar surface area (TPSA) is 33.7 Å². The van der Waals surface area contributed by atoms with Crippen molar-refractivity contribution < 1.29 is 9.47 Å². The number of hydrogen-bond donors (Lipinski definition) is 1. The van der Waals surface area contributed by atoms with Crippen LogP contribution in [0.2, 0.25) is 0 Å². The van der Waals surface area contributed by atoms with Gasteiger partial charge in [0.05, 0.1) is 31.6 Å². The molecular weight excluding hydrogens is 252 g/mol. The van der Waals surface area contributed by atoms with Crippen LogP contribution in [0.1, 0.15) is 40.0 Å². The third kappa shape index (κ3) is 4.21. The molecular formula is C16H30N2O2. The van der Waals surface area contributed by atoms with Crippen molar-refractivity contribution in [1.82, 2.24) is 10.2 Å². The van der Waals surface area contributed by atoms with Crippen molar-refractivity contribution in [2.24, 2.45) is 0 Å². The van der Waals surface area contributed by atoms with E-state index in [9.17, 15) is 0 Å². The molecule has 0 aromatic carbocycles. The smallest absolute Gasteiger partial charge is 0.0895 e. The molecule has 1 N–H and O–H groups in total. The van der Waals surface area contributed by atoms with Gasteiger partial charge in [-0.1, -0.05) is 6.92 Å². The van der Waals surface area contributed by atoms with E-state index in [0.29, 0.717) is 12.1 Å². The van der Waals surface area contributed by atoms with Gasteiger partial charge in [-0.25, -0.2) is 0 Å². The molecule has 2 heterocycles. The van der Waals surface area contributed by atoms with E-state index >= 15 is 0 Å². The molecule has 2 aliphatic rings. The first-order valence-corrected chi connectivity index (χ1v) is 8.12.